The van der Waals surface area contributed by atoms with E-state index in [4.69, 9.17) is 4.74 Å². The lowest BCUT2D eigenvalue weighted by Gasteiger charge is -2.28. The minimum Gasteiger partial charge on any atom is -0.376 e. The zero-order valence-electron chi connectivity index (χ0n) is 12.6. The number of rotatable bonds is 6. The van der Waals surface area contributed by atoms with E-state index in [1.807, 2.05) is 0 Å². The number of hydrogen-bond donors (Lipinski definition) is 1. The van der Waals surface area contributed by atoms with Crippen LogP contribution in [0.15, 0.2) is 24.3 Å². The number of ether oxygens (including phenoxy) is 1. The van der Waals surface area contributed by atoms with E-state index >= 15 is 0 Å². The van der Waals surface area contributed by atoms with Crippen LogP contribution in [0.1, 0.15) is 56.2 Å². The van der Waals surface area contributed by atoms with E-state index < -0.39 is 0 Å². The molecule has 1 aromatic rings. The highest BCUT2D eigenvalue weighted by molar-refractivity contribution is 5.32. The van der Waals surface area contributed by atoms with Crippen molar-refractivity contribution in [3.63, 3.8) is 0 Å². The third kappa shape index (κ3) is 3.42. The molecule has 2 heteroatoms. The maximum atomic E-state index is 6.29. The van der Waals surface area contributed by atoms with Crippen molar-refractivity contribution in [2.24, 2.45) is 5.92 Å². The van der Waals surface area contributed by atoms with Crippen molar-refractivity contribution in [1.29, 1.82) is 0 Å². The van der Waals surface area contributed by atoms with Crippen LogP contribution in [0.25, 0.3) is 0 Å². The van der Waals surface area contributed by atoms with Crippen LogP contribution in [-0.4, -0.2) is 19.3 Å². The molecule has 3 rings (SSSR count). The van der Waals surface area contributed by atoms with Crippen LogP contribution in [0, 0.1) is 5.92 Å². The van der Waals surface area contributed by atoms with Crippen LogP contribution in [0.5, 0.6) is 0 Å². The van der Waals surface area contributed by atoms with Gasteiger partial charge in [0.2, 0.25) is 0 Å². The van der Waals surface area contributed by atoms with Gasteiger partial charge < -0.3 is 10.1 Å². The van der Waals surface area contributed by atoms with E-state index in [9.17, 15) is 0 Å². The number of fused-ring (bicyclic) bond motifs is 1. The van der Waals surface area contributed by atoms with Gasteiger partial charge in [0.1, 0.15) is 0 Å². The van der Waals surface area contributed by atoms with Crippen molar-refractivity contribution in [2.75, 3.05) is 13.2 Å². The molecule has 0 amide bonds. The van der Waals surface area contributed by atoms with Crippen LogP contribution >= 0.6 is 0 Å². The van der Waals surface area contributed by atoms with Gasteiger partial charge in [-0.2, -0.15) is 0 Å². The molecule has 0 aliphatic heterocycles. The second kappa shape index (κ2) is 6.73. The number of aryl methyl sites for hydroxylation is 1. The zero-order valence-corrected chi connectivity index (χ0v) is 12.6. The lowest BCUT2D eigenvalue weighted by molar-refractivity contribution is 0.0148. The first-order valence-electron chi connectivity index (χ1n) is 8.31. The molecule has 0 bridgehead atoms. The van der Waals surface area contributed by atoms with Crippen molar-refractivity contribution >= 4 is 0 Å². The van der Waals surface area contributed by atoms with Gasteiger partial charge in [-0.15, -0.1) is 0 Å². The molecule has 20 heavy (non-hydrogen) atoms. The Labute approximate surface area is 122 Å². The van der Waals surface area contributed by atoms with Crippen LogP contribution in [-0.2, 0) is 11.2 Å². The Hall–Kier alpha value is -0.860. The summed E-state index contributed by atoms with van der Waals surface area (Å²) >= 11 is 0. The largest absolute Gasteiger partial charge is 0.376 e. The quantitative estimate of drug-likeness (QED) is 0.795. The summed E-state index contributed by atoms with van der Waals surface area (Å²) in [6.07, 6.45) is 7.90. The minimum atomic E-state index is 0.353. The number of hydrogen-bond acceptors (Lipinski definition) is 2. The maximum Gasteiger partial charge on any atom is 0.0770 e. The first kappa shape index (κ1) is 14.1. The maximum absolute atomic E-state index is 6.29. The van der Waals surface area contributed by atoms with Crippen molar-refractivity contribution in [2.45, 2.75) is 57.6 Å². The Kier molecular flexibility index (Phi) is 4.74. The van der Waals surface area contributed by atoms with Crippen molar-refractivity contribution in [3.05, 3.63) is 35.4 Å². The van der Waals surface area contributed by atoms with Gasteiger partial charge in [-0.1, -0.05) is 31.2 Å². The van der Waals surface area contributed by atoms with E-state index in [0.29, 0.717) is 12.1 Å². The summed E-state index contributed by atoms with van der Waals surface area (Å²) in [7, 11) is 0. The number of benzene rings is 1. The van der Waals surface area contributed by atoms with Gasteiger partial charge in [-0.05, 0) is 62.1 Å². The Morgan fingerprint density at radius 3 is 2.85 bits per heavy atom. The molecular formula is C18H27NO. The van der Waals surface area contributed by atoms with Gasteiger partial charge in [0.25, 0.3) is 0 Å². The van der Waals surface area contributed by atoms with Crippen molar-refractivity contribution in [3.8, 4) is 0 Å². The Balaban J connectivity index is 1.76. The summed E-state index contributed by atoms with van der Waals surface area (Å²) in [5.41, 5.74) is 2.98. The molecule has 2 nitrogen and oxygen atoms in total. The van der Waals surface area contributed by atoms with Crippen LogP contribution in [0.4, 0.5) is 0 Å². The molecule has 0 aromatic heterocycles. The number of nitrogens with one attached hydrogen (secondary N) is 1. The van der Waals surface area contributed by atoms with Crippen LogP contribution in [0.3, 0.4) is 0 Å². The Morgan fingerprint density at radius 2 is 2.05 bits per heavy atom. The van der Waals surface area contributed by atoms with E-state index in [0.717, 1.165) is 19.1 Å². The zero-order chi connectivity index (χ0) is 13.8. The topological polar surface area (TPSA) is 21.3 Å². The second-order valence-electron chi connectivity index (χ2n) is 6.34. The second-order valence-corrected chi connectivity index (χ2v) is 6.34. The van der Waals surface area contributed by atoms with Crippen molar-refractivity contribution in [1.82, 2.24) is 5.32 Å². The molecule has 2 unspecified atom stereocenters. The molecule has 0 radical (unpaired) electrons. The van der Waals surface area contributed by atoms with Gasteiger partial charge in [-0.25, -0.2) is 0 Å². The average molecular weight is 273 g/mol. The third-order valence-electron chi connectivity index (χ3n) is 4.55. The molecule has 1 fully saturated rings. The summed E-state index contributed by atoms with van der Waals surface area (Å²) in [6.45, 7) is 4.27. The van der Waals surface area contributed by atoms with Crippen LogP contribution < -0.4 is 5.32 Å². The highest BCUT2D eigenvalue weighted by Crippen LogP contribution is 2.34. The van der Waals surface area contributed by atoms with Crippen LogP contribution in [0.2, 0.25) is 0 Å². The summed E-state index contributed by atoms with van der Waals surface area (Å²) in [5, 5.41) is 3.74. The Bertz CT molecular complexity index is 427. The predicted molar refractivity (Wildman–Crippen MR) is 82.9 cm³/mol. The van der Waals surface area contributed by atoms with Gasteiger partial charge in [0, 0.05) is 6.61 Å². The molecule has 0 spiro atoms. The SMILES string of the molecule is CCCNC1c2ccccc2CCCC1OCC1CC1. The van der Waals surface area contributed by atoms with E-state index in [1.165, 1.54) is 49.7 Å². The molecule has 2 aliphatic carbocycles. The van der Waals surface area contributed by atoms with Gasteiger partial charge in [0.05, 0.1) is 12.1 Å². The minimum absolute atomic E-state index is 0.353. The molecule has 0 heterocycles. The van der Waals surface area contributed by atoms with E-state index in [2.05, 4.69) is 36.5 Å². The van der Waals surface area contributed by atoms with E-state index in [1.54, 1.807) is 0 Å². The fraction of sp³-hybridized carbons (Fsp3) is 0.667. The molecule has 2 atom stereocenters. The molecule has 110 valence electrons. The fourth-order valence-electron chi connectivity index (χ4n) is 3.19. The Morgan fingerprint density at radius 1 is 1.20 bits per heavy atom. The molecule has 1 saturated carbocycles. The van der Waals surface area contributed by atoms with Gasteiger partial charge >= 0.3 is 0 Å². The van der Waals surface area contributed by atoms with Gasteiger partial charge in [0.15, 0.2) is 0 Å². The molecule has 1 aromatic carbocycles. The normalized spacial score (nSPS) is 26.1. The highest BCUT2D eigenvalue weighted by atomic mass is 16.5. The fourth-order valence-corrected chi connectivity index (χ4v) is 3.19. The molecule has 1 N–H and O–H groups in total. The van der Waals surface area contributed by atoms with Crippen molar-refractivity contribution < 1.29 is 4.74 Å². The summed E-state index contributed by atoms with van der Waals surface area (Å²) < 4.78 is 6.29. The molecular weight excluding hydrogens is 246 g/mol. The summed E-state index contributed by atoms with van der Waals surface area (Å²) in [4.78, 5) is 0. The monoisotopic (exact) mass is 273 g/mol. The predicted octanol–water partition coefficient (Wildman–Crippen LogP) is 3.86. The average Bonchev–Trinajstić information content (AvgIpc) is 3.30. The summed E-state index contributed by atoms with van der Waals surface area (Å²) in [6, 6.07) is 9.30. The highest BCUT2D eigenvalue weighted by Gasteiger charge is 2.30. The smallest absolute Gasteiger partial charge is 0.0770 e. The lowest BCUT2D eigenvalue weighted by Crippen LogP contribution is -2.34. The van der Waals surface area contributed by atoms with Gasteiger partial charge in [-0.3, -0.25) is 0 Å². The molecule has 2 aliphatic rings. The standard InChI is InChI=1S/C18H27NO/c1-2-12-19-18-16-8-4-3-6-15(16)7-5-9-17(18)20-13-14-10-11-14/h3-4,6,8,14,17-19H,2,5,7,9-13H2,1H3. The van der Waals surface area contributed by atoms with E-state index in [-0.39, 0.29) is 0 Å². The third-order valence-corrected chi connectivity index (χ3v) is 4.55. The molecule has 0 saturated heterocycles. The first-order chi connectivity index (χ1) is 9.88. The summed E-state index contributed by atoms with van der Waals surface area (Å²) in [5.74, 6) is 0.848. The lowest BCUT2D eigenvalue weighted by atomic mass is 9.97. The first-order valence-corrected chi connectivity index (χ1v) is 8.31.